The summed E-state index contributed by atoms with van der Waals surface area (Å²) in [4.78, 5) is 5.15. The molecular formula is C33H35IrN2O3-. The van der Waals surface area contributed by atoms with Crippen molar-refractivity contribution in [2.75, 3.05) is 14.2 Å². The van der Waals surface area contributed by atoms with Gasteiger partial charge in [-0.1, -0.05) is 87.2 Å². The van der Waals surface area contributed by atoms with Gasteiger partial charge in [0.05, 0.1) is 22.4 Å². The molecule has 0 fully saturated rings. The van der Waals surface area contributed by atoms with E-state index in [0.717, 1.165) is 58.6 Å². The third kappa shape index (κ3) is 5.43. The predicted molar refractivity (Wildman–Crippen MR) is 157 cm³/mol. The first kappa shape index (κ1) is 30.3. The van der Waals surface area contributed by atoms with Crippen molar-refractivity contribution in [3.05, 3.63) is 96.1 Å². The number of para-hydroxylation sites is 4. The fraction of sp³-hybridized carbons (Fsp3) is 0.242. The van der Waals surface area contributed by atoms with E-state index in [2.05, 4.69) is 92.9 Å². The number of rotatable bonds is 4. The van der Waals surface area contributed by atoms with Gasteiger partial charge in [-0.15, -0.1) is 18.2 Å². The van der Waals surface area contributed by atoms with E-state index >= 15 is 0 Å². The number of aliphatic hydroxyl groups excluding tert-OH is 2. The van der Waals surface area contributed by atoms with Gasteiger partial charge >= 0.3 is 0 Å². The Bertz CT molecular complexity index is 1660. The van der Waals surface area contributed by atoms with Crippen molar-refractivity contribution in [3.8, 4) is 17.1 Å². The average Bonchev–Trinajstić information content (AvgIpc) is 3.53. The number of aliphatic hydroxyl groups is 2. The molecule has 0 aliphatic carbocycles. The van der Waals surface area contributed by atoms with Gasteiger partial charge in [0, 0.05) is 45.4 Å². The molecule has 0 spiro atoms. The van der Waals surface area contributed by atoms with Gasteiger partial charge in [-0.2, -0.15) is 0 Å². The van der Waals surface area contributed by atoms with Crippen LogP contribution in [0, 0.1) is 6.07 Å². The van der Waals surface area contributed by atoms with Crippen molar-refractivity contribution < 1.29 is 34.7 Å². The summed E-state index contributed by atoms with van der Waals surface area (Å²) >= 11 is 0. The molecule has 0 atom stereocenters. The summed E-state index contributed by atoms with van der Waals surface area (Å²) in [6, 6.07) is 30.8. The summed E-state index contributed by atoms with van der Waals surface area (Å²) in [5.41, 5.74) is 8.50. The SMILES string of the molecule is CC(C)c1cccc(C(C)C)c1-n1c(-c2[c-]ccc3c2oc2ccccc23)nc2ccccc21.CO.CO.[Ir]. The van der Waals surface area contributed by atoms with Gasteiger partial charge in [0.2, 0.25) is 0 Å². The summed E-state index contributed by atoms with van der Waals surface area (Å²) in [6.07, 6.45) is 0. The summed E-state index contributed by atoms with van der Waals surface area (Å²) in [7, 11) is 2.00. The third-order valence-corrected chi connectivity index (χ3v) is 6.69. The van der Waals surface area contributed by atoms with Crippen LogP contribution in [0.4, 0.5) is 0 Å². The van der Waals surface area contributed by atoms with Crippen LogP contribution < -0.4 is 0 Å². The second kappa shape index (κ2) is 13.2. The molecule has 205 valence electrons. The molecule has 39 heavy (non-hydrogen) atoms. The van der Waals surface area contributed by atoms with Crippen molar-refractivity contribution in [1.82, 2.24) is 9.55 Å². The van der Waals surface area contributed by atoms with Crippen LogP contribution in [0.15, 0.2) is 83.3 Å². The van der Waals surface area contributed by atoms with Gasteiger partial charge in [-0.05, 0) is 41.2 Å². The van der Waals surface area contributed by atoms with Crippen molar-refractivity contribution in [2.24, 2.45) is 0 Å². The molecule has 0 unspecified atom stereocenters. The largest absolute Gasteiger partial charge is 0.501 e. The minimum atomic E-state index is 0. The summed E-state index contributed by atoms with van der Waals surface area (Å²) < 4.78 is 8.73. The van der Waals surface area contributed by atoms with Crippen LogP contribution in [0.1, 0.15) is 50.7 Å². The molecule has 4 aromatic carbocycles. The quantitative estimate of drug-likeness (QED) is 0.184. The number of furan rings is 1. The predicted octanol–water partition coefficient (Wildman–Crippen LogP) is 7.85. The summed E-state index contributed by atoms with van der Waals surface area (Å²) in [6.45, 7) is 9.03. The molecule has 0 saturated carbocycles. The molecule has 0 amide bonds. The Kier molecular flexibility index (Phi) is 10.2. The van der Waals surface area contributed by atoms with Crippen LogP contribution in [0.3, 0.4) is 0 Å². The van der Waals surface area contributed by atoms with Gasteiger partial charge in [-0.25, -0.2) is 0 Å². The topological polar surface area (TPSA) is 71.4 Å². The fourth-order valence-corrected chi connectivity index (χ4v) is 5.05. The number of imidazole rings is 1. The fourth-order valence-electron chi connectivity index (χ4n) is 5.05. The third-order valence-electron chi connectivity index (χ3n) is 6.69. The number of fused-ring (bicyclic) bond motifs is 4. The second-order valence-electron chi connectivity index (χ2n) is 9.55. The number of benzene rings is 4. The number of hydrogen-bond donors (Lipinski definition) is 2. The normalized spacial score (nSPS) is 10.8. The van der Waals surface area contributed by atoms with E-state index in [9.17, 15) is 0 Å². The monoisotopic (exact) mass is 700 g/mol. The van der Waals surface area contributed by atoms with Crippen LogP contribution in [-0.2, 0) is 20.1 Å². The summed E-state index contributed by atoms with van der Waals surface area (Å²) in [5.74, 6) is 1.60. The van der Waals surface area contributed by atoms with Crippen LogP contribution in [0.25, 0.3) is 50.0 Å². The Morgan fingerprint density at radius 1 is 0.744 bits per heavy atom. The Morgan fingerprint density at radius 2 is 1.36 bits per heavy atom. The standard InChI is InChI=1S/C31H27N2O.2CH4O.Ir/c1-19(2)21-12-9-13-22(20(3)4)29(21)33-27-17-7-6-16-26(27)32-31(33)25-15-10-14-24-23-11-5-8-18-28(23)34-30(24)25;2*1-2;/h5-14,16-20H,1-4H3;2*2H,1H3;/q-1;;;. The van der Waals surface area contributed by atoms with E-state index in [1.165, 1.54) is 16.8 Å². The zero-order valence-electron chi connectivity index (χ0n) is 23.2. The van der Waals surface area contributed by atoms with Crippen molar-refractivity contribution in [1.29, 1.82) is 0 Å². The molecule has 6 rings (SSSR count). The minimum Gasteiger partial charge on any atom is -0.501 e. The molecule has 6 aromatic rings. The Labute approximate surface area is 243 Å². The van der Waals surface area contributed by atoms with E-state index < -0.39 is 0 Å². The molecule has 2 aromatic heterocycles. The first-order chi connectivity index (χ1) is 18.5. The van der Waals surface area contributed by atoms with Gasteiger partial charge in [-0.3, -0.25) is 4.98 Å². The first-order valence-electron chi connectivity index (χ1n) is 12.9. The first-order valence-corrected chi connectivity index (χ1v) is 12.9. The second-order valence-corrected chi connectivity index (χ2v) is 9.55. The maximum atomic E-state index is 7.00. The molecule has 0 saturated heterocycles. The maximum absolute atomic E-state index is 7.00. The molecule has 1 radical (unpaired) electrons. The van der Waals surface area contributed by atoms with Crippen LogP contribution in [0.5, 0.6) is 0 Å². The molecule has 2 N–H and O–H groups in total. The van der Waals surface area contributed by atoms with Gasteiger partial charge < -0.3 is 19.2 Å². The van der Waals surface area contributed by atoms with E-state index in [1.807, 2.05) is 24.3 Å². The van der Waals surface area contributed by atoms with Gasteiger partial charge in [0.15, 0.2) is 0 Å². The Hall–Kier alpha value is -3.28. The zero-order chi connectivity index (χ0) is 27.4. The van der Waals surface area contributed by atoms with Crippen LogP contribution in [-0.4, -0.2) is 34.0 Å². The van der Waals surface area contributed by atoms with Gasteiger partial charge in [0.1, 0.15) is 5.58 Å². The molecule has 0 aliphatic rings. The molecule has 6 heteroatoms. The van der Waals surface area contributed by atoms with E-state index in [1.54, 1.807) is 0 Å². The zero-order valence-corrected chi connectivity index (χ0v) is 25.6. The van der Waals surface area contributed by atoms with E-state index in [4.69, 9.17) is 19.6 Å². The van der Waals surface area contributed by atoms with Crippen LogP contribution in [0.2, 0.25) is 0 Å². The van der Waals surface area contributed by atoms with Crippen molar-refractivity contribution in [2.45, 2.75) is 39.5 Å². The van der Waals surface area contributed by atoms with E-state index in [-0.39, 0.29) is 20.1 Å². The minimum absolute atomic E-state index is 0. The van der Waals surface area contributed by atoms with Gasteiger partial charge in [0.25, 0.3) is 0 Å². The molecule has 5 nitrogen and oxygen atoms in total. The average molecular weight is 700 g/mol. The van der Waals surface area contributed by atoms with Crippen LogP contribution >= 0.6 is 0 Å². The Balaban J connectivity index is 0.000000805. The molecule has 0 aliphatic heterocycles. The molecule has 2 heterocycles. The van der Waals surface area contributed by atoms with E-state index in [0.29, 0.717) is 11.8 Å². The number of nitrogens with zero attached hydrogens (tertiary/aromatic N) is 2. The number of aromatic nitrogens is 2. The number of hydrogen-bond acceptors (Lipinski definition) is 4. The Morgan fingerprint density at radius 3 is 2.03 bits per heavy atom. The maximum Gasteiger partial charge on any atom is 0.120 e. The smallest absolute Gasteiger partial charge is 0.120 e. The molecular weight excluding hydrogens is 665 g/mol. The summed E-state index contributed by atoms with van der Waals surface area (Å²) in [5, 5.41) is 16.2. The van der Waals surface area contributed by atoms with Crippen molar-refractivity contribution in [3.63, 3.8) is 0 Å². The molecule has 0 bridgehead atoms. The van der Waals surface area contributed by atoms with Crippen molar-refractivity contribution >= 4 is 33.0 Å².